The number of aliphatic hydroxyl groups is 1. The number of carbonyl (C=O) groups excluding carboxylic acids is 1. The van der Waals surface area contributed by atoms with Crippen LogP contribution in [-0.2, 0) is 4.79 Å². The van der Waals surface area contributed by atoms with Crippen LogP contribution in [0.4, 0.5) is 17.1 Å². The molecule has 0 radical (unpaired) electrons. The highest BCUT2D eigenvalue weighted by molar-refractivity contribution is 5.71. The van der Waals surface area contributed by atoms with Crippen molar-refractivity contribution in [3.63, 3.8) is 0 Å². The van der Waals surface area contributed by atoms with E-state index in [-0.39, 0.29) is 24.5 Å². The van der Waals surface area contributed by atoms with Gasteiger partial charge >= 0.3 is 0 Å². The van der Waals surface area contributed by atoms with E-state index in [2.05, 4.69) is 10.3 Å². The van der Waals surface area contributed by atoms with Crippen LogP contribution in [0.15, 0.2) is 23.2 Å². The van der Waals surface area contributed by atoms with Crippen LogP contribution in [0, 0.1) is 10.1 Å². The lowest BCUT2D eigenvalue weighted by molar-refractivity contribution is -0.384. The molecule has 0 spiro atoms. The Morgan fingerprint density at radius 3 is 2.88 bits per heavy atom. The molecule has 7 heteroatoms. The van der Waals surface area contributed by atoms with Crippen LogP contribution in [0.1, 0.15) is 0 Å². The van der Waals surface area contributed by atoms with Gasteiger partial charge in [-0.2, -0.15) is 4.99 Å². The Balaban J connectivity index is 3.08. The fraction of sp³-hybridized carbons (Fsp3) is 0.222. The van der Waals surface area contributed by atoms with Crippen molar-refractivity contribution in [1.82, 2.24) is 0 Å². The molecular weight excluding hydrogens is 214 g/mol. The van der Waals surface area contributed by atoms with Crippen molar-refractivity contribution in [2.45, 2.75) is 0 Å². The van der Waals surface area contributed by atoms with Gasteiger partial charge in [-0.05, 0) is 6.07 Å². The van der Waals surface area contributed by atoms with Crippen LogP contribution in [0.25, 0.3) is 0 Å². The van der Waals surface area contributed by atoms with Crippen LogP contribution >= 0.6 is 0 Å². The first-order chi connectivity index (χ1) is 7.69. The maximum Gasteiger partial charge on any atom is 0.271 e. The molecule has 0 amide bonds. The summed E-state index contributed by atoms with van der Waals surface area (Å²) in [4.78, 5) is 23.4. The van der Waals surface area contributed by atoms with Crippen LogP contribution in [-0.4, -0.2) is 29.3 Å². The summed E-state index contributed by atoms with van der Waals surface area (Å²) < 4.78 is 0. The standard InChI is InChI=1S/C9H9N3O4/c13-4-3-10-8-2-1-7(12(15)16)5-9(8)11-6-14/h1-2,5,10,13H,3-4H2. The van der Waals surface area contributed by atoms with Gasteiger partial charge in [0.2, 0.25) is 6.08 Å². The second-order valence-corrected chi connectivity index (χ2v) is 2.81. The third-order valence-electron chi connectivity index (χ3n) is 1.79. The normalized spacial score (nSPS) is 9.31. The largest absolute Gasteiger partial charge is 0.395 e. The minimum absolute atomic E-state index is 0.0960. The predicted molar refractivity (Wildman–Crippen MR) is 56.5 cm³/mol. The minimum atomic E-state index is -0.584. The maximum absolute atomic E-state index is 10.5. The molecule has 0 heterocycles. The Bertz CT molecular complexity index is 440. The van der Waals surface area contributed by atoms with Crippen LogP contribution in [0.2, 0.25) is 0 Å². The van der Waals surface area contributed by atoms with E-state index < -0.39 is 4.92 Å². The molecule has 84 valence electrons. The van der Waals surface area contributed by atoms with E-state index in [1.807, 2.05) is 0 Å². The SMILES string of the molecule is O=C=Nc1cc([N+](=O)[O-])ccc1NCCO. The summed E-state index contributed by atoms with van der Waals surface area (Å²) in [5, 5.41) is 21.9. The number of nitro groups is 1. The second-order valence-electron chi connectivity index (χ2n) is 2.81. The van der Waals surface area contributed by atoms with Crippen molar-refractivity contribution in [2.24, 2.45) is 4.99 Å². The third kappa shape index (κ3) is 2.88. The number of nitrogens with one attached hydrogen (secondary N) is 1. The van der Waals surface area contributed by atoms with E-state index in [0.717, 1.165) is 6.07 Å². The van der Waals surface area contributed by atoms with E-state index >= 15 is 0 Å². The Morgan fingerprint density at radius 1 is 1.56 bits per heavy atom. The van der Waals surface area contributed by atoms with Crippen LogP contribution in [0.3, 0.4) is 0 Å². The van der Waals surface area contributed by atoms with Gasteiger partial charge in [0.15, 0.2) is 0 Å². The summed E-state index contributed by atoms with van der Waals surface area (Å²) >= 11 is 0. The third-order valence-corrected chi connectivity index (χ3v) is 1.79. The molecule has 0 saturated heterocycles. The molecule has 0 aliphatic rings. The molecule has 0 aliphatic heterocycles. The molecular formula is C9H9N3O4. The number of nitrogens with zero attached hydrogens (tertiary/aromatic N) is 2. The number of rotatable bonds is 5. The van der Waals surface area contributed by atoms with Crippen LogP contribution < -0.4 is 5.32 Å². The lowest BCUT2D eigenvalue weighted by atomic mass is 10.2. The summed E-state index contributed by atoms with van der Waals surface area (Å²) in [5.74, 6) is 0. The topological polar surface area (TPSA) is 105 Å². The Hall–Kier alpha value is -2.24. The van der Waals surface area contributed by atoms with Gasteiger partial charge in [-0.15, -0.1) is 0 Å². The predicted octanol–water partition coefficient (Wildman–Crippen LogP) is 0.966. The quantitative estimate of drug-likeness (QED) is 0.335. The zero-order valence-corrected chi connectivity index (χ0v) is 8.21. The van der Waals surface area contributed by atoms with E-state index in [0.29, 0.717) is 5.69 Å². The van der Waals surface area contributed by atoms with Gasteiger partial charge in [-0.1, -0.05) is 0 Å². The smallest absolute Gasteiger partial charge is 0.271 e. The van der Waals surface area contributed by atoms with Crippen molar-refractivity contribution >= 4 is 23.1 Å². The number of aliphatic imine (C=N–C) groups is 1. The molecule has 0 aliphatic carbocycles. The molecule has 0 atom stereocenters. The summed E-state index contributed by atoms with van der Waals surface area (Å²) in [6.07, 6.45) is 1.32. The fourth-order valence-corrected chi connectivity index (χ4v) is 1.12. The van der Waals surface area contributed by atoms with Crippen molar-refractivity contribution in [1.29, 1.82) is 0 Å². The van der Waals surface area contributed by atoms with Gasteiger partial charge < -0.3 is 10.4 Å². The van der Waals surface area contributed by atoms with E-state index in [1.165, 1.54) is 18.2 Å². The number of aliphatic hydroxyl groups excluding tert-OH is 1. The average Bonchev–Trinajstić information content (AvgIpc) is 2.27. The molecule has 1 aromatic rings. The Morgan fingerprint density at radius 2 is 2.31 bits per heavy atom. The highest BCUT2D eigenvalue weighted by Gasteiger charge is 2.09. The summed E-state index contributed by atoms with van der Waals surface area (Å²) in [6.45, 7) is 0.167. The van der Waals surface area contributed by atoms with Crippen molar-refractivity contribution in [3.8, 4) is 0 Å². The Labute approximate surface area is 90.6 Å². The van der Waals surface area contributed by atoms with Gasteiger partial charge in [0.05, 0.1) is 17.2 Å². The highest BCUT2D eigenvalue weighted by atomic mass is 16.6. The molecule has 0 unspecified atom stereocenters. The number of anilines is 1. The number of benzene rings is 1. The fourth-order valence-electron chi connectivity index (χ4n) is 1.12. The van der Waals surface area contributed by atoms with Gasteiger partial charge in [-0.25, -0.2) is 4.79 Å². The number of hydrogen-bond donors (Lipinski definition) is 2. The van der Waals surface area contributed by atoms with Crippen molar-refractivity contribution < 1.29 is 14.8 Å². The molecule has 1 rings (SSSR count). The number of hydrogen-bond acceptors (Lipinski definition) is 6. The van der Waals surface area contributed by atoms with Gasteiger partial charge in [-0.3, -0.25) is 10.1 Å². The first-order valence-electron chi connectivity index (χ1n) is 4.40. The maximum atomic E-state index is 10.5. The molecule has 0 bridgehead atoms. The first kappa shape index (κ1) is 11.8. The van der Waals surface area contributed by atoms with E-state index in [4.69, 9.17) is 5.11 Å². The van der Waals surface area contributed by atoms with Gasteiger partial charge in [0.1, 0.15) is 5.69 Å². The van der Waals surface area contributed by atoms with Crippen molar-refractivity contribution in [3.05, 3.63) is 28.3 Å². The van der Waals surface area contributed by atoms with E-state index in [9.17, 15) is 14.9 Å². The molecule has 16 heavy (non-hydrogen) atoms. The monoisotopic (exact) mass is 223 g/mol. The summed E-state index contributed by atoms with van der Waals surface area (Å²) in [5.41, 5.74) is 0.393. The summed E-state index contributed by atoms with van der Waals surface area (Å²) in [6, 6.07) is 3.86. The first-order valence-corrected chi connectivity index (χ1v) is 4.40. The number of isocyanates is 1. The van der Waals surface area contributed by atoms with E-state index in [1.54, 1.807) is 0 Å². The molecule has 0 aromatic heterocycles. The second kappa shape index (κ2) is 5.59. The van der Waals surface area contributed by atoms with Crippen molar-refractivity contribution in [2.75, 3.05) is 18.5 Å². The molecule has 0 saturated carbocycles. The number of nitro benzene ring substituents is 1. The summed E-state index contributed by atoms with van der Waals surface area (Å²) in [7, 11) is 0. The zero-order chi connectivity index (χ0) is 12.0. The minimum Gasteiger partial charge on any atom is -0.395 e. The van der Waals surface area contributed by atoms with Crippen LogP contribution in [0.5, 0.6) is 0 Å². The Kier molecular flexibility index (Phi) is 4.14. The molecule has 2 N–H and O–H groups in total. The lowest BCUT2D eigenvalue weighted by Gasteiger charge is -2.06. The number of non-ortho nitro benzene ring substituents is 1. The van der Waals surface area contributed by atoms with Gasteiger partial charge in [0.25, 0.3) is 5.69 Å². The lowest BCUT2D eigenvalue weighted by Crippen LogP contribution is -2.05. The van der Waals surface area contributed by atoms with Gasteiger partial charge in [0, 0.05) is 18.7 Å². The molecule has 0 fully saturated rings. The zero-order valence-electron chi connectivity index (χ0n) is 8.21. The average molecular weight is 223 g/mol. The molecule has 1 aromatic carbocycles. The highest BCUT2D eigenvalue weighted by Crippen LogP contribution is 2.28. The molecule has 7 nitrogen and oxygen atoms in total.